The molecule has 0 saturated carbocycles. The summed E-state index contributed by atoms with van der Waals surface area (Å²) in [6.45, 7) is 4.46. The molecule has 1 aliphatic rings. The number of benzene rings is 3. The first kappa shape index (κ1) is 35.8. The number of nitrogens with zero attached hydrogens (tertiary/aromatic N) is 2. The van der Waals surface area contributed by atoms with E-state index in [1.807, 2.05) is 30.3 Å². The summed E-state index contributed by atoms with van der Waals surface area (Å²) >= 11 is 0. The molecule has 3 N–H and O–H groups in total. The van der Waals surface area contributed by atoms with Gasteiger partial charge < -0.3 is 30.0 Å². The molecule has 3 aromatic carbocycles. The number of carbonyl (C=O) groups excluding carboxylic acids is 1. The SMILES string of the molecule is COc1ccc(-c2ccc(S(=O)(=O)N(OCCOCCN3CCNCC3)C(CCNC(=O)OCc3ccccc3)C(=O)O)cc2)cc1. The van der Waals surface area contributed by atoms with Gasteiger partial charge in [0.2, 0.25) is 0 Å². The molecule has 1 atom stereocenters. The molecule has 13 nitrogen and oxygen atoms in total. The maximum atomic E-state index is 13.8. The van der Waals surface area contributed by atoms with Crippen LogP contribution < -0.4 is 15.4 Å². The van der Waals surface area contributed by atoms with E-state index in [-0.39, 0.29) is 37.7 Å². The summed E-state index contributed by atoms with van der Waals surface area (Å²) in [7, 11) is -2.90. The number of carboxylic acid groups (broad SMARTS) is 1. The molecular formula is C33H42N4O9S. The average Bonchev–Trinajstić information content (AvgIpc) is 3.10. The molecular weight excluding hydrogens is 628 g/mol. The Bertz CT molecular complexity index is 1500. The number of carboxylic acids is 1. The number of piperazine rings is 1. The number of amides is 1. The second-order valence-corrected chi connectivity index (χ2v) is 12.5. The van der Waals surface area contributed by atoms with Gasteiger partial charge in [-0.05, 0) is 47.4 Å². The maximum Gasteiger partial charge on any atom is 0.407 e. The van der Waals surface area contributed by atoms with E-state index in [1.165, 1.54) is 12.1 Å². The zero-order chi connectivity index (χ0) is 33.5. The fraction of sp³-hybridized carbons (Fsp3) is 0.394. The number of hydroxylamine groups is 1. The van der Waals surface area contributed by atoms with E-state index in [1.54, 1.807) is 43.5 Å². The minimum absolute atomic E-state index is 0.0276. The molecule has 1 heterocycles. The van der Waals surface area contributed by atoms with Crippen LogP contribution in [0.1, 0.15) is 12.0 Å². The lowest BCUT2D eigenvalue weighted by Crippen LogP contribution is -2.47. The number of hydrogen-bond donors (Lipinski definition) is 3. The Morgan fingerprint density at radius 3 is 2.23 bits per heavy atom. The van der Waals surface area contributed by atoms with Crippen molar-refractivity contribution >= 4 is 22.1 Å². The predicted molar refractivity (Wildman–Crippen MR) is 174 cm³/mol. The zero-order valence-corrected chi connectivity index (χ0v) is 27.2. The third-order valence-corrected chi connectivity index (χ3v) is 9.16. The van der Waals surface area contributed by atoms with Crippen LogP contribution in [0.3, 0.4) is 0 Å². The van der Waals surface area contributed by atoms with Crippen molar-refractivity contribution in [2.75, 3.05) is 66.2 Å². The highest BCUT2D eigenvalue weighted by molar-refractivity contribution is 7.89. The van der Waals surface area contributed by atoms with Crippen LogP contribution in [0.2, 0.25) is 0 Å². The van der Waals surface area contributed by atoms with Crippen molar-refractivity contribution in [2.24, 2.45) is 0 Å². The lowest BCUT2D eigenvalue weighted by molar-refractivity contribution is -0.166. The van der Waals surface area contributed by atoms with Gasteiger partial charge in [0.15, 0.2) is 6.04 Å². The molecule has 14 heteroatoms. The van der Waals surface area contributed by atoms with Crippen molar-refractivity contribution < 1.29 is 42.2 Å². The molecule has 4 rings (SSSR count). The smallest absolute Gasteiger partial charge is 0.407 e. The zero-order valence-electron chi connectivity index (χ0n) is 26.4. The Kier molecular flexibility index (Phi) is 14.0. The molecule has 254 valence electrons. The van der Waals surface area contributed by atoms with Crippen molar-refractivity contribution in [3.8, 4) is 16.9 Å². The van der Waals surface area contributed by atoms with Crippen molar-refractivity contribution in [2.45, 2.75) is 24.0 Å². The molecule has 0 spiro atoms. The number of hydrogen-bond acceptors (Lipinski definition) is 10. The maximum absolute atomic E-state index is 13.8. The summed E-state index contributed by atoms with van der Waals surface area (Å²) in [6, 6.07) is 20.7. The predicted octanol–water partition coefficient (Wildman–Crippen LogP) is 2.98. The van der Waals surface area contributed by atoms with Crippen molar-refractivity contribution in [3.05, 3.63) is 84.4 Å². The Balaban J connectivity index is 1.41. The van der Waals surface area contributed by atoms with Gasteiger partial charge in [-0.25, -0.2) is 13.2 Å². The molecule has 47 heavy (non-hydrogen) atoms. The monoisotopic (exact) mass is 670 g/mol. The number of carbonyl (C=O) groups is 2. The third-order valence-electron chi connectivity index (χ3n) is 7.46. The van der Waals surface area contributed by atoms with E-state index in [0.29, 0.717) is 23.4 Å². The van der Waals surface area contributed by atoms with Gasteiger partial charge in [0.25, 0.3) is 10.0 Å². The van der Waals surface area contributed by atoms with Crippen LogP contribution in [-0.2, 0) is 35.7 Å². The number of nitrogens with one attached hydrogen (secondary N) is 2. The van der Waals surface area contributed by atoms with Crippen molar-refractivity contribution in [3.63, 3.8) is 0 Å². The minimum atomic E-state index is -4.47. The van der Waals surface area contributed by atoms with Crippen LogP contribution in [0, 0.1) is 0 Å². The fourth-order valence-corrected chi connectivity index (χ4v) is 6.29. The summed E-state index contributed by atoms with van der Waals surface area (Å²) < 4.78 is 44.2. The summed E-state index contributed by atoms with van der Waals surface area (Å²) in [5.74, 6) is -0.755. The number of alkyl carbamates (subject to hydrolysis) is 1. The first-order chi connectivity index (χ1) is 22.8. The van der Waals surface area contributed by atoms with Crippen LogP contribution >= 0.6 is 0 Å². The largest absolute Gasteiger partial charge is 0.497 e. The van der Waals surface area contributed by atoms with E-state index in [4.69, 9.17) is 19.0 Å². The van der Waals surface area contributed by atoms with E-state index in [9.17, 15) is 23.1 Å². The molecule has 1 fully saturated rings. The van der Waals surface area contributed by atoms with Gasteiger partial charge in [-0.1, -0.05) is 59.1 Å². The van der Waals surface area contributed by atoms with E-state index < -0.39 is 28.1 Å². The van der Waals surface area contributed by atoms with E-state index >= 15 is 0 Å². The Morgan fingerprint density at radius 2 is 1.60 bits per heavy atom. The normalized spacial score (nSPS) is 14.4. The molecule has 0 aromatic heterocycles. The highest BCUT2D eigenvalue weighted by Gasteiger charge is 2.37. The highest BCUT2D eigenvalue weighted by atomic mass is 32.2. The number of aliphatic carboxylic acids is 1. The lowest BCUT2D eigenvalue weighted by atomic mass is 10.1. The van der Waals surface area contributed by atoms with Gasteiger partial charge in [0.1, 0.15) is 12.4 Å². The Morgan fingerprint density at radius 1 is 0.936 bits per heavy atom. The first-order valence-corrected chi connectivity index (χ1v) is 16.8. The third kappa shape index (κ3) is 11.0. The topological polar surface area (TPSA) is 156 Å². The van der Waals surface area contributed by atoms with Gasteiger partial charge in [-0.15, -0.1) is 0 Å². The molecule has 1 amide bonds. The number of sulfonamides is 1. The van der Waals surface area contributed by atoms with Crippen LogP contribution in [-0.4, -0.2) is 107 Å². The molecule has 0 aliphatic carbocycles. The fourth-order valence-electron chi connectivity index (χ4n) is 4.85. The summed E-state index contributed by atoms with van der Waals surface area (Å²) in [5, 5.41) is 15.9. The summed E-state index contributed by atoms with van der Waals surface area (Å²) in [5.41, 5.74) is 2.38. The van der Waals surface area contributed by atoms with Gasteiger partial charge in [-0.3, -0.25) is 14.5 Å². The number of rotatable bonds is 18. The Labute approximate surface area is 275 Å². The van der Waals surface area contributed by atoms with Crippen molar-refractivity contribution in [1.82, 2.24) is 20.0 Å². The van der Waals surface area contributed by atoms with Gasteiger partial charge >= 0.3 is 12.1 Å². The first-order valence-electron chi connectivity index (χ1n) is 15.4. The van der Waals surface area contributed by atoms with Gasteiger partial charge in [0.05, 0.1) is 31.8 Å². The van der Waals surface area contributed by atoms with Gasteiger partial charge in [0, 0.05) is 39.3 Å². The van der Waals surface area contributed by atoms with Gasteiger partial charge in [-0.2, -0.15) is 0 Å². The summed E-state index contributed by atoms with van der Waals surface area (Å²) in [4.78, 5) is 32.4. The highest BCUT2D eigenvalue weighted by Crippen LogP contribution is 2.26. The van der Waals surface area contributed by atoms with Crippen molar-refractivity contribution in [1.29, 1.82) is 0 Å². The average molecular weight is 671 g/mol. The standard InChI is InChI=1S/C33H42N4O9S/c1-43-29-11-7-27(8-12-29)28-9-13-30(14-10-28)47(41,42)37(46-24-23-44-22-21-36-19-17-34-18-20-36)31(32(38)39)15-16-35-33(40)45-25-26-5-3-2-4-6-26/h2-14,31,34H,15-25H2,1H3,(H,35,40)(H,38,39). The molecule has 1 saturated heterocycles. The summed E-state index contributed by atoms with van der Waals surface area (Å²) in [6.07, 6.45) is -1.05. The lowest BCUT2D eigenvalue weighted by Gasteiger charge is -2.28. The molecule has 1 aliphatic heterocycles. The number of ether oxygens (including phenoxy) is 3. The Hall–Kier alpha value is -4.05. The molecule has 0 bridgehead atoms. The molecule has 0 radical (unpaired) electrons. The molecule has 3 aromatic rings. The van der Waals surface area contributed by atoms with Crippen LogP contribution in [0.5, 0.6) is 5.75 Å². The molecule has 1 unspecified atom stereocenters. The van der Waals surface area contributed by atoms with Crippen LogP contribution in [0.15, 0.2) is 83.8 Å². The van der Waals surface area contributed by atoms with Crippen LogP contribution in [0.25, 0.3) is 11.1 Å². The van der Waals surface area contributed by atoms with E-state index in [2.05, 4.69) is 15.5 Å². The van der Waals surface area contributed by atoms with Crippen LogP contribution in [0.4, 0.5) is 4.79 Å². The second kappa shape index (κ2) is 18.3. The quantitative estimate of drug-likeness (QED) is 0.135. The van der Waals surface area contributed by atoms with E-state index in [0.717, 1.165) is 42.9 Å². The number of methoxy groups -OCH3 is 1. The second-order valence-electron chi connectivity index (χ2n) is 10.7. The minimum Gasteiger partial charge on any atom is -0.497 e.